The molecule has 0 radical (unpaired) electrons. The number of aromatic nitrogens is 4. The first-order valence-corrected chi connectivity index (χ1v) is 7.58. The van der Waals surface area contributed by atoms with Crippen molar-refractivity contribution < 1.29 is 8.42 Å². The van der Waals surface area contributed by atoms with Crippen molar-refractivity contribution in [1.29, 1.82) is 0 Å². The van der Waals surface area contributed by atoms with Crippen molar-refractivity contribution >= 4 is 21.7 Å². The summed E-state index contributed by atoms with van der Waals surface area (Å²) in [5.41, 5.74) is 6.97. The van der Waals surface area contributed by atoms with E-state index in [2.05, 4.69) is 20.0 Å². The summed E-state index contributed by atoms with van der Waals surface area (Å²) < 4.78 is 28.5. The van der Waals surface area contributed by atoms with Crippen LogP contribution in [0, 0.1) is 6.92 Å². The lowest BCUT2D eigenvalue weighted by atomic mass is 10.1. The summed E-state index contributed by atoms with van der Waals surface area (Å²) >= 11 is 0. The minimum Gasteiger partial charge on any atom is -0.381 e. The SMILES string of the molecule is Cc1c(S(=O)(=O)Nc2cc(C(C)C)[nH]n2)c(N)nn1C. The van der Waals surface area contributed by atoms with Crippen LogP contribution < -0.4 is 10.5 Å². The average Bonchev–Trinajstić information content (AvgIpc) is 2.84. The summed E-state index contributed by atoms with van der Waals surface area (Å²) in [7, 11) is -2.17. The van der Waals surface area contributed by atoms with Gasteiger partial charge in [-0.25, -0.2) is 8.42 Å². The zero-order valence-corrected chi connectivity index (χ0v) is 12.6. The smallest absolute Gasteiger partial charge is 0.268 e. The molecule has 0 atom stereocenters. The fourth-order valence-corrected chi connectivity index (χ4v) is 3.14. The molecule has 0 aliphatic rings. The Kier molecular flexibility index (Phi) is 3.46. The Morgan fingerprint density at radius 2 is 2.10 bits per heavy atom. The van der Waals surface area contributed by atoms with Crippen LogP contribution in [0.5, 0.6) is 0 Å². The third-order valence-electron chi connectivity index (χ3n) is 3.03. The van der Waals surface area contributed by atoms with E-state index in [9.17, 15) is 8.42 Å². The van der Waals surface area contributed by atoms with Gasteiger partial charge in [0.1, 0.15) is 0 Å². The summed E-state index contributed by atoms with van der Waals surface area (Å²) in [5, 5.41) is 10.6. The number of hydrogen-bond acceptors (Lipinski definition) is 5. The number of aryl methyl sites for hydroxylation is 1. The largest absolute Gasteiger partial charge is 0.381 e. The van der Waals surface area contributed by atoms with Gasteiger partial charge in [-0.05, 0) is 12.8 Å². The molecule has 0 bridgehead atoms. The van der Waals surface area contributed by atoms with Gasteiger partial charge in [-0.1, -0.05) is 13.8 Å². The molecule has 0 saturated heterocycles. The van der Waals surface area contributed by atoms with Crippen molar-refractivity contribution in [3.8, 4) is 0 Å². The molecule has 8 nitrogen and oxygen atoms in total. The zero-order valence-electron chi connectivity index (χ0n) is 11.8. The van der Waals surface area contributed by atoms with Crippen molar-refractivity contribution in [3.05, 3.63) is 17.5 Å². The highest BCUT2D eigenvalue weighted by atomic mass is 32.2. The molecule has 2 aromatic heterocycles. The molecule has 0 amide bonds. The fraction of sp³-hybridized carbons (Fsp3) is 0.455. The molecule has 20 heavy (non-hydrogen) atoms. The molecule has 9 heteroatoms. The van der Waals surface area contributed by atoms with Crippen molar-refractivity contribution in [1.82, 2.24) is 20.0 Å². The van der Waals surface area contributed by atoms with E-state index >= 15 is 0 Å². The normalized spacial score (nSPS) is 12.1. The Morgan fingerprint density at radius 1 is 1.45 bits per heavy atom. The maximum atomic E-state index is 12.3. The van der Waals surface area contributed by atoms with Gasteiger partial charge in [0.25, 0.3) is 10.0 Å². The van der Waals surface area contributed by atoms with E-state index in [0.29, 0.717) is 5.69 Å². The molecule has 0 spiro atoms. The van der Waals surface area contributed by atoms with E-state index in [1.165, 1.54) is 4.68 Å². The first kappa shape index (κ1) is 14.4. The lowest BCUT2D eigenvalue weighted by Gasteiger charge is -2.05. The van der Waals surface area contributed by atoms with E-state index in [4.69, 9.17) is 5.73 Å². The van der Waals surface area contributed by atoms with Crippen LogP contribution >= 0.6 is 0 Å². The van der Waals surface area contributed by atoms with Gasteiger partial charge in [0, 0.05) is 18.8 Å². The predicted octanol–water partition coefficient (Wildman–Crippen LogP) is 0.958. The van der Waals surface area contributed by atoms with E-state index in [1.807, 2.05) is 13.8 Å². The van der Waals surface area contributed by atoms with E-state index in [1.54, 1.807) is 20.0 Å². The summed E-state index contributed by atoms with van der Waals surface area (Å²) in [6, 6.07) is 1.66. The third-order valence-corrected chi connectivity index (χ3v) is 4.55. The monoisotopic (exact) mass is 298 g/mol. The summed E-state index contributed by atoms with van der Waals surface area (Å²) in [6.45, 7) is 5.60. The zero-order chi connectivity index (χ0) is 15.1. The van der Waals surface area contributed by atoms with Crippen LogP contribution in [0.25, 0.3) is 0 Å². The van der Waals surface area contributed by atoms with Crippen molar-refractivity contribution in [2.24, 2.45) is 7.05 Å². The number of sulfonamides is 1. The maximum absolute atomic E-state index is 12.3. The van der Waals surface area contributed by atoms with E-state index in [-0.39, 0.29) is 22.4 Å². The molecule has 0 aliphatic heterocycles. The lowest BCUT2D eigenvalue weighted by Crippen LogP contribution is -2.15. The standard InChI is InChI=1S/C11H18N6O2S/c1-6(2)8-5-9(14-13-8)16-20(18,19)10-7(3)17(4)15-11(10)12/h5-6H,1-4H3,(H2,12,15)(H2,13,14,16). The Hall–Kier alpha value is -2.03. The number of rotatable bonds is 4. The van der Waals surface area contributed by atoms with Gasteiger partial charge in [0.05, 0.1) is 5.69 Å². The molecule has 2 heterocycles. The second-order valence-corrected chi connectivity index (χ2v) is 6.51. The first-order valence-electron chi connectivity index (χ1n) is 6.09. The van der Waals surface area contributed by atoms with Crippen LogP contribution in [0.3, 0.4) is 0 Å². The van der Waals surface area contributed by atoms with Crippen molar-refractivity contribution in [3.63, 3.8) is 0 Å². The molecular formula is C11H18N6O2S. The van der Waals surface area contributed by atoms with Crippen LogP contribution in [-0.4, -0.2) is 28.4 Å². The molecule has 0 unspecified atom stereocenters. The van der Waals surface area contributed by atoms with Gasteiger partial charge >= 0.3 is 0 Å². The molecule has 2 rings (SSSR count). The number of nitrogens with one attached hydrogen (secondary N) is 2. The fourth-order valence-electron chi connectivity index (χ4n) is 1.82. The number of anilines is 2. The summed E-state index contributed by atoms with van der Waals surface area (Å²) in [4.78, 5) is -0.0194. The van der Waals surface area contributed by atoms with E-state index in [0.717, 1.165) is 5.69 Å². The molecule has 110 valence electrons. The maximum Gasteiger partial charge on any atom is 0.268 e. The predicted molar refractivity (Wildman–Crippen MR) is 75.8 cm³/mol. The van der Waals surface area contributed by atoms with Gasteiger partial charge in [-0.3, -0.25) is 14.5 Å². The second kappa shape index (κ2) is 4.82. The minimum absolute atomic E-state index is 0.0194. The van der Waals surface area contributed by atoms with Gasteiger partial charge in [0.15, 0.2) is 16.5 Å². The minimum atomic E-state index is -3.81. The number of H-pyrrole nitrogens is 1. The van der Waals surface area contributed by atoms with Crippen LogP contribution in [0.1, 0.15) is 31.2 Å². The van der Waals surface area contributed by atoms with Crippen molar-refractivity contribution in [2.75, 3.05) is 10.5 Å². The number of nitrogens with zero attached hydrogens (tertiary/aromatic N) is 3. The van der Waals surface area contributed by atoms with Gasteiger partial charge < -0.3 is 5.73 Å². The average molecular weight is 298 g/mol. The topological polar surface area (TPSA) is 119 Å². The Balaban J connectivity index is 2.35. The third kappa shape index (κ3) is 2.48. The first-order chi connectivity index (χ1) is 9.22. The highest BCUT2D eigenvalue weighted by Crippen LogP contribution is 2.24. The van der Waals surface area contributed by atoms with Gasteiger partial charge in [0.2, 0.25) is 0 Å². The Labute approximate surface area is 117 Å². The van der Waals surface area contributed by atoms with Gasteiger partial charge in [-0.2, -0.15) is 10.2 Å². The number of nitrogen functional groups attached to an aromatic ring is 1. The van der Waals surface area contributed by atoms with Gasteiger partial charge in [-0.15, -0.1) is 0 Å². The number of nitrogens with two attached hydrogens (primary N) is 1. The molecular weight excluding hydrogens is 280 g/mol. The molecule has 4 N–H and O–H groups in total. The highest BCUT2D eigenvalue weighted by molar-refractivity contribution is 7.93. The van der Waals surface area contributed by atoms with Crippen LogP contribution in [0.2, 0.25) is 0 Å². The Bertz CT molecular complexity index is 728. The lowest BCUT2D eigenvalue weighted by molar-refractivity contribution is 0.600. The number of hydrogen-bond donors (Lipinski definition) is 3. The highest BCUT2D eigenvalue weighted by Gasteiger charge is 2.25. The molecule has 0 fully saturated rings. The molecule has 0 saturated carbocycles. The van der Waals surface area contributed by atoms with Crippen LogP contribution in [-0.2, 0) is 17.1 Å². The molecule has 2 aromatic rings. The number of aromatic amines is 1. The second-order valence-electron chi connectivity index (χ2n) is 4.89. The summed E-state index contributed by atoms with van der Waals surface area (Å²) in [6.07, 6.45) is 0. The summed E-state index contributed by atoms with van der Waals surface area (Å²) in [5.74, 6) is 0.430. The van der Waals surface area contributed by atoms with Crippen molar-refractivity contribution in [2.45, 2.75) is 31.6 Å². The molecule has 0 aromatic carbocycles. The Morgan fingerprint density at radius 3 is 2.55 bits per heavy atom. The van der Waals surface area contributed by atoms with Crippen LogP contribution in [0.15, 0.2) is 11.0 Å². The van der Waals surface area contributed by atoms with E-state index < -0.39 is 10.0 Å². The molecule has 0 aliphatic carbocycles. The van der Waals surface area contributed by atoms with Crippen LogP contribution in [0.4, 0.5) is 11.6 Å². The quantitative estimate of drug-likeness (QED) is 0.776.